The van der Waals surface area contributed by atoms with Crippen LogP contribution in [0.25, 0.3) is 0 Å². The molecule has 2 N–H and O–H groups in total. The van der Waals surface area contributed by atoms with Crippen LogP contribution in [0.1, 0.15) is 12.5 Å². The summed E-state index contributed by atoms with van der Waals surface area (Å²) in [6.07, 6.45) is -0.661. The van der Waals surface area contributed by atoms with Crippen LogP contribution >= 0.6 is 0 Å². The van der Waals surface area contributed by atoms with E-state index in [1.54, 1.807) is 18.2 Å². The lowest BCUT2D eigenvalue weighted by Crippen LogP contribution is -2.42. The summed E-state index contributed by atoms with van der Waals surface area (Å²) in [4.78, 5) is 0.124. The van der Waals surface area contributed by atoms with Crippen molar-refractivity contribution < 1.29 is 21.9 Å². The Morgan fingerprint density at radius 1 is 1.30 bits per heavy atom. The van der Waals surface area contributed by atoms with Crippen molar-refractivity contribution in [3.63, 3.8) is 0 Å². The molecule has 1 aliphatic rings. The number of aliphatic hydroxyl groups excluding tert-OH is 1. The molecule has 1 aromatic carbocycles. The third kappa shape index (κ3) is 3.20. The molecular weight excluding hydrogens is 302 g/mol. The Morgan fingerprint density at radius 2 is 1.95 bits per heavy atom. The van der Waals surface area contributed by atoms with Crippen LogP contribution in [0.15, 0.2) is 29.2 Å². The predicted octanol–water partition coefficient (Wildman–Crippen LogP) is -0.315. The van der Waals surface area contributed by atoms with Crippen LogP contribution in [-0.2, 0) is 26.3 Å². The Kier molecular flexibility index (Phi) is 4.19. The van der Waals surface area contributed by atoms with Crippen molar-refractivity contribution in [1.82, 2.24) is 4.72 Å². The van der Waals surface area contributed by atoms with Gasteiger partial charge in [-0.25, -0.2) is 21.6 Å². The van der Waals surface area contributed by atoms with Crippen molar-refractivity contribution in [2.24, 2.45) is 0 Å². The van der Waals surface area contributed by atoms with Gasteiger partial charge >= 0.3 is 0 Å². The minimum absolute atomic E-state index is 0.124. The van der Waals surface area contributed by atoms with Gasteiger partial charge < -0.3 is 5.11 Å². The van der Waals surface area contributed by atoms with Gasteiger partial charge in [-0.05, 0) is 18.1 Å². The van der Waals surface area contributed by atoms with E-state index in [0.717, 1.165) is 0 Å². The molecule has 2 atom stereocenters. The van der Waals surface area contributed by atoms with E-state index >= 15 is 0 Å². The third-order valence-corrected chi connectivity index (χ3v) is 6.58. The molecule has 1 saturated heterocycles. The van der Waals surface area contributed by atoms with Crippen molar-refractivity contribution in [2.45, 2.75) is 30.4 Å². The zero-order valence-electron chi connectivity index (χ0n) is 11.0. The molecule has 0 bridgehead atoms. The fourth-order valence-electron chi connectivity index (χ4n) is 2.26. The first-order valence-corrected chi connectivity index (χ1v) is 9.54. The molecule has 0 aliphatic carbocycles. The first kappa shape index (κ1) is 15.4. The second-order valence-electron chi connectivity index (χ2n) is 4.83. The van der Waals surface area contributed by atoms with E-state index in [-0.39, 0.29) is 10.6 Å². The molecule has 2 rings (SSSR count). The van der Waals surface area contributed by atoms with Crippen LogP contribution in [0.3, 0.4) is 0 Å². The molecule has 0 aromatic heterocycles. The lowest BCUT2D eigenvalue weighted by Gasteiger charge is -2.16. The molecule has 0 saturated carbocycles. The number of rotatable bonds is 4. The lowest BCUT2D eigenvalue weighted by molar-refractivity contribution is 0.176. The summed E-state index contributed by atoms with van der Waals surface area (Å²) >= 11 is 0. The van der Waals surface area contributed by atoms with Crippen molar-refractivity contribution in [3.8, 4) is 0 Å². The van der Waals surface area contributed by atoms with Gasteiger partial charge in [0, 0.05) is 0 Å². The van der Waals surface area contributed by atoms with Crippen LogP contribution in [0.2, 0.25) is 0 Å². The number of nitrogens with one attached hydrogen (secondary N) is 1. The highest BCUT2D eigenvalue weighted by atomic mass is 32.2. The molecule has 20 heavy (non-hydrogen) atoms. The van der Waals surface area contributed by atoms with Gasteiger partial charge in [-0.15, -0.1) is 0 Å². The standard InChI is InChI=1S/C12H17NO5S2/c1-2-9-5-3-4-6-12(9)20(17,18)13-10-7-19(15,16)8-11(10)14/h3-6,10-11,13-14H,2,7-8H2,1H3/t10-,11-/m1/s1. The summed E-state index contributed by atoms with van der Waals surface area (Å²) in [7, 11) is -7.24. The maximum absolute atomic E-state index is 12.3. The Bertz CT molecular complexity index is 696. The highest BCUT2D eigenvalue weighted by Gasteiger charge is 2.39. The first-order chi connectivity index (χ1) is 9.25. The maximum atomic E-state index is 12.3. The molecule has 0 unspecified atom stereocenters. The van der Waals surface area contributed by atoms with Gasteiger partial charge in [0.05, 0.1) is 28.5 Å². The number of sulfone groups is 1. The number of aliphatic hydroxyl groups is 1. The summed E-state index contributed by atoms with van der Waals surface area (Å²) in [6, 6.07) is 5.53. The van der Waals surface area contributed by atoms with Crippen LogP contribution in [-0.4, -0.2) is 45.6 Å². The van der Waals surface area contributed by atoms with E-state index in [4.69, 9.17) is 0 Å². The molecule has 0 spiro atoms. The smallest absolute Gasteiger partial charge is 0.241 e. The molecule has 8 heteroatoms. The van der Waals surface area contributed by atoms with E-state index in [9.17, 15) is 21.9 Å². The molecule has 1 heterocycles. The fourth-order valence-corrected chi connectivity index (χ4v) is 5.69. The minimum Gasteiger partial charge on any atom is -0.390 e. The largest absolute Gasteiger partial charge is 0.390 e. The van der Waals surface area contributed by atoms with Gasteiger partial charge in [0.2, 0.25) is 10.0 Å². The van der Waals surface area contributed by atoms with Crippen LogP contribution in [0.4, 0.5) is 0 Å². The van der Waals surface area contributed by atoms with Gasteiger partial charge in [0.25, 0.3) is 0 Å². The Labute approximate surface area is 118 Å². The molecular formula is C12H17NO5S2. The van der Waals surface area contributed by atoms with Crippen molar-refractivity contribution in [3.05, 3.63) is 29.8 Å². The second kappa shape index (κ2) is 5.44. The quantitative estimate of drug-likeness (QED) is 0.792. The Balaban J connectivity index is 2.29. The molecule has 0 amide bonds. The van der Waals surface area contributed by atoms with Crippen LogP contribution in [0.5, 0.6) is 0 Å². The zero-order chi connectivity index (χ0) is 15.0. The van der Waals surface area contributed by atoms with E-state index in [2.05, 4.69) is 4.72 Å². The van der Waals surface area contributed by atoms with E-state index in [0.29, 0.717) is 12.0 Å². The monoisotopic (exact) mass is 319 g/mol. The maximum Gasteiger partial charge on any atom is 0.241 e. The number of sulfonamides is 1. The van der Waals surface area contributed by atoms with Gasteiger partial charge in [-0.1, -0.05) is 25.1 Å². The van der Waals surface area contributed by atoms with Crippen molar-refractivity contribution in [1.29, 1.82) is 0 Å². The van der Waals surface area contributed by atoms with Crippen LogP contribution < -0.4 is 4.72 Å². The van der Waals surface area contributed by atoms with Gasteiger partial charge in [-0.2, -0.15) is 0 Å². The first-order valence-electron chi connectivity index (χ1n) is 6.24. The molecule has 1 aliphatic heterocycles. The lowest BCUT2D eigenvalue weighted by atomic mass is 10.2. The predicted molar refractivity (Wildman–Crippen MR) is 74.6 cm³/mol. The molecule has 0 radical (unpaired) electrons. The zero-order valence-corrected chi connectivity index (χ0v) is 12.6. The summed E-state index contributed by atoms with van der Waals surface area (Å²) in [5.74, 6) is -0.780. The van der Waals surface area contributed by atoms with E-state index in [1.807, 2.05) is 6.92 Å². The normalized spacial score (nSPS) is 25.7. The fraction of sp³-hybridized carbons (Fsp3) is 0.500. The summed E-state index contributed by atoms with van der Waals surface area (Å²) in [5, 5.41) is 9.66. The Hall–Kier alpha value is -0.960. The molecule has 6 nitrogen and oxygen atoms in total. The average Bonchev–Trinajstić information content (AvgIpc) is 2.61. The third-order valence-electron chi connectivity index (χ3n) is 3.27. The molecule has 1 fully saturated rings. The van der Waals surface area contributed by atoms with Crippen molar-refractivity contribution >= 4 is 19.9 Å². The molecule has 1 aromatic rings. The number of benzene rings is 1. The SMILES string of the molecule is CCc1ccccc1S(=O)(=O)N[C@@H]1CS(=O)(=O)C[C@H]1O. The summed E-state index contributed by atoms with van der Waals surface area (Å²) in [6.45, 7) is 1.84. The highest BCUT2D eigenvalue weighted by Crippen LogP contribution is 2.19. The Morgan fingerprint density at radius 3 is 2.50 bits per heavy atom. The van der Waals surface area contributed by atoms with Gasteiger partial charge in [-0.3, -0.25) is 0 Å². The summed E-state index contributed by atoms with van der Waals surface area (Å²) < 4.78 is 49.7. The topological polar surface area (TPSA) is 101 Å². The van der Waals surface area contributed by atoms with Gasteiger partial charge in [0.15, 0.2) is 9.84 Å². The summed E-state index contributed by atoms with van der Waals surface area (Å²) in [5.41, 5.74) is 0.648. The van der Waals surface area contributed by atoms with Crippen molar-refractivity contribution in [2.75, 3.05) is 11.5 Å². The highest BCUT2D eigenvalue weighted by molar-refractivity contribution is 7.92. The van der Waals surface area contributed by atoms with E-state index < -0.39 is 37.8 Å². The number of hydrogen-bond donors (Lipinski definition) is 2. The number of aryl methyl sites for hydroxylation is 1. The minimum atomic E-state index is -3.84. The van der Waals surface area contributed by atoms with E-state index in [1.165, 1.54) is 6.07 Å². The van der Waals surface area contributed by atoms with Gasteiger partial charge in [0.1, 0.15) is 0 Å². The number of hydrogen-bond acceptors (Lipinski definition) is 5. The average molecular weight is 319 g/mol. The molecule has 112 valence electrons. The second-order valence-corrected chi connectivity index (χ2v) is 8.67. The van der Waals surface area contributed by atoms with Crippen LogP contribution in [0, 0.1) is 0 Å².